The molecule has 0 aromatic heterocycles. The van der Waals surface area contributed by atoms with Gasteiger partial charge in [0.2, 0.25) is 0 Å². The lowest BCUT2D eigenvalue weighted by atomic mass is 10.0. The second-order valence-corrected chi connectivity index (χ2v) is 9.07. The summed E-state index contributed by atoms with van der Waals surface area (Å²) >= 11 is 0. The van der Waals surface area contributed by atoms with Gasteiger partial charge in [-0.2, -0.15) is 0 Å². The predicted molar refractivity (Wildman–Crippen MR) is 133 cm³/mol. The van der Waals surface area contributed by atoms with Gasteiger partial charge in [-0.15, -0.1) is 0 Å². The largest absolute Gasteiger partial charge is 0.455 e. The molecule has 34 heavy (non-hydrogen) atoms. The highest BCUT2D eigenvalue weighted by Crippen LogP contribution is 2.26. The van der Waals surface area contributed by atoms with Crippen LogP contribution in [0.15, 0.2) is 48.5 Å². The first-order valence-corrected chi connectivity index (χ1v) is 11.7. The van der Waals surface area contributed by atoms with Gasteiger partial charge in [0.05, 0.1) is 12.0 Å². The Morgan fingerprint density at radius 3 is 2.18 bits per heavy atom. The first-order chi connectivity index (χ1) is 16.2. The number of hydrogen-bond donors (Lipinski definition) is 1. The Balaban J connectivity index is 1.66. The lowest BCUT2D eigenvalue weighted by Crippen LogP contribution is -2.50. The van der Waals surface area contributed by atoms with Gasteiger partial charge in [-0.1, -0.05) is 26.0 Å². The summed E-state index contributed by atoms with van der Waals surface area (Å²) in [6, 6.07) is 14.9. The summed E-state index contributed by atoms with van der Waals surface area (Å²) in [5, 5.41) is 2.94. The molecule has 1 unspecified atom stereocenters. The van der Waals surface area contributed by atoms with E-state index in [0.29, 0.717) is 6.54 Å². The molecular formula is C26H35FN4O3. The highest BCUT2D eigenvalue weighted by molar-refractivity contribution is 5.81. The van der Waals surface area contributed by atoms with Crippen molar-refractivity contribution in [2.75, 3.05) is 63.2 Å². The van der Waals surface area contributed by atoms with Crippen molar-refractivity contribution in [1.82, 2.24) is 10.2 Å². The van der Waals surface area contributed by atoms with Crippen LogP contribution in [0.4, 0.5) is 15.8 Å². The Bertz CT molecular complexity index is 940. The van der Waals surface area contributed by atoms with Gasteiger partial charge in [0, 0.05) is 58.2 Å². The van der Waals surface area contributed by atoms with Crippen LogP contribution < -0.4 is 15.1 Å². The molecule has 2 aromatic rings. The van der Waals surface area contributed by atoms with Gasteiger partial charge in [0.15, 0.2) is 6.61 Å². The molecule has 1 N–H and O–H groups in total. The van der Waals surface area contributed by atoms with Crippen molar-refractivity contribution in [3.63, 3.8) is 0 Å². The van der Waals surface area contributed by atoms with Crippen molar-refractivity contribution < 1.29 is 18.7 Å². The van der Waals surface area contributed by atoms with E-state index in [9.17, 15) is 14.0 Å². The molecule has 1 aliphatic rings. The predicted octanol–water partition coefficient (Wildman–Crippen LogP) is 3.07. The van der Waals surface area contributed by atoms with Gasteiger partial charge in [0.25, 0.3) is 5.91 Å². The second kappa shape index (κ2) is 11.8. The number of piperazine rings is 1. The number of ether oxygens (including phenoxy) is 1. The third-order valence-corrected chi connectivity index (χ3v) is 6.05. The van der Waals surface area contributed by atoms with Crippen LogP contribution in [0.25, 0.3) is 0 Å². The smallest absolute Gasteiger partial charge is 0.308 e. The highest BCUT2D eigenvalue weighted by atomic mass is 19.1. The van der Waals surface area contributed by atoms with Gasteiger partial charge < -0.3 is 19.9 Å². The van der Waals surface area contributed by atoms with Crippen LogP contribution in [-0.4, -0.2) is 70.2 Å². The molecule has 1 atom stereocenters. The zero-order chi connectivity index (χ0) is 24.7. The molecule has 7 nitrogen and oxygen atoms in total. The summed E-state index contributed by atoms with van der Waals surface area (Å²) in [6.07, 6.45) is 0. The maximum Gasteiger partial charge on any atom is 0.308 e. The van der Waals surface area contributed by atoms with Crippen LogP contribution in [0.5, 0.6) is 0 Å². The summed E-state index contributed by atoms with van der Waals surface area (Å²) in [6.45, 7) is 6.82. The molecule has 0 bridgehead atoms. The van der Waals surface area contributed by atoms with E-state index < -0.39 is 0 Å². The third kappa shape index (κ3) is 6.93. The fourth-order valence-corrected chi connectivity index (χ4v) is 3.96. The standard InChI is InChI=1S/C26H35FN4O3/c1-19(2)26(33)34-18-25(32)28-17-24(20-5-9-22(10-6-20)29(3)4)31-15-13-30(14-16-31)23-11-7-21(27)8-12-23/h5-12,19,24H,13-18H2,1-4H3,(H,28,32). The van der Waals surface area contributed by atoms with Crippen molar-refractivity contribution in [1.29, 1.82) is 0 Å². The highest BCUT2D eigenvalue weighted by Gasteiger charge is 2.26. The van der Waals surface area contributed by atoms with Crippen LogP contribution in [0.3, 0.4) is 0 Å². The zero-order valence-corrected chi connectivity index (χ0v) is 20.5. The number of carbonyl (C=O) groups excluding carboxylic acids is 2. The first kappa shape index (κ1) is 25.5. The molecule has 8 heteroatoms. The Morgan fingerprint density at radius 2 is 1.62 bits per heavy atom. The minimum atomic E-state index is -0.386. The van der Waals surface area contributed by atoms with Crippen LogP contribution in [-0.2, 0) is 14.3 Å². The van der Waals surface area contributed by atoms with E-state index in [0.717, 1.165) is 43.1 Å². The Morgan fingerprint density at radius 1 is 1.00 bits per heavy atom. The minimum absolute atomic E-state index is 0.0173. The van der Waals surface area contributed by atoms with Crippen molar-refractivity contribution in [2.24, 2.45) is 5.92 Å². The zero-order valence-electron chi connectivity index (χ0n) is 20.5. The van der Waals surface area contributed by atoms with E-state index in [1.165, 1.54) is 12.1 Å². The number of hydrogen-bond acceptors (Lipinski definition) is 6. The maximum absolute atomic E-state index is 13.3. The van der Waals surface area contributed by atoms with E-state index in [4.69, 9.17) is 4.74 Å². The molecule has 1 aliphatic heterocycles. The molecule has 1 saturated heterocycles. The van der Waals surface area contributed by atoms with Crippen molar-refractivity contribution in [3.05, 3.63) is 59.9 Å². The van der Waals surface area contributed by atoms with Crippen LogP contribution in [0.2, 0.25) is 0 Å². The molecule has 0 radical (unpaired) electrons. The van der Waals surface area contributed by atoms with Crippen molar-refractivity contribution in [3.8, 4) is 0 Å². The fraction of sp³-hybridized carbons (Fsp3) is 0.462. The van der Waals surface area contributed by atoms with Gasteiger partial charge in [-0.05, 0) is 42.0 Å². The third-order valence-electron chi connectivity index (χ3n) is 6.05. The topological polar surface area (TPSA) is 65.1 Å². The SMILES string of the molecule is CC(C)C(=O)OCC(=O)NCC(c1ccc(N(C)C)cc1)N1CCN(c2ccc(F)cc2)CC1. The molecule has 0 aliphatic carbocycles. The number of benzene rings is 2. The summed E-state index contributed by atoms with van der Waals surface area (Å²) in [5.74, 6) is -1.21. The Labute approximate surface area is 201 Å². The molecule has 0 saturated carbocycles. The summed E-state index contributed by atoms with van der Waals surface area (Å²) < 4.78 is 18.3. The van der Waals surface area contributed by atoms with E-state index in [2.05, 4.69) is 39.4 Å². The van der Waals surface area contributed by atoms with Gasteiger partial charge in [-0.3, -0.25) is 14.5 Å². The summed E-state index contributed by atoms with van der Waals surface area (Å²) in [5.41, 5.74) is 3.22. The van der Waals surface area contributed by atoms with Crippen LogP contribution in [0.1, 0.15) is 25.5 Å². The van der Waals surface area contributed by atoms with E-state index >= 15 is 0 Å². The molecule has 3 rings (SSSR count). The molecule has 2 aromatic carbocycles. The van der Waals surface area contributed by atoms with Gasteiger partial charge in [0.1, 0.15) is 5.82 Å². The number of amides is 1. The average Bonchev–Trinajstić information content (AvgIpc) is 2.83. The van der Waals surface area contributed by atoms with E-state index in [1.54, 1.807) is 26.0 Å². The summed E-state index contributed by atoms with van der Waals surface area (Å²) in [4.78, 5) is 30.7. The lowest BCUT2D eigenvalue weighted by molar-refractivity contribution is -0.151. The van der Waals surface area contributed by atoms with Gasteiger partial charge >= 0.3 is 5.97 Å². The molecule has 1 fully saturated rings. The molecule has 1 heterocycles. The second-order valence-electron chi connectivity index (χ2n) is 9.07. The maximum atomic E-state index is 13.3. The number of carbonyl (C=O) groups is 2. The van der Waals surface area contributed by atoms with E-state index in [1.807, 2.05) is 19.0 Å². The van der Waals surface area contributed by atoms with E-state index in [-0.39, 0.29) is 36.3 Å². The average molecular weight is 471 g/mol. The molecule has 1 amide bonds. The molecule has 0 spiro atoms. The van der Waals surface area contributed by atoms with Gasteiger partial charge in [-0.25, -0.2) is 4.39 Å². The lowest BCUT2D eigenvalue weighted by Gasteiger charge is -2.40. The number of esters is 1. The number of nitrogens with one attached hydrogen (secondary N) is 1. The summed E-state index contributed by atoms with van der Waals surface area (Å²) in [7, 11) is 4.00. The van der Waals surface area contributed by atoms with Crippen molar-refractivity contribution in [2.45, 2.75) is 19.9 Å². The van der Waals surface area contributed by atoms with Crippen molar-refractivity contribution >= 4 is 23.3 Å². The Hall–Kier alpha value is -3.13. The number of rotatable bonds is 9. The fourth-order valence-electron chi connectivity index (χ4n) is 3.96. The molecule has 184 valence electrons. The monoisotopic (exact) mass is 470 g/mol. The quantitative estimate of drug-likeness (QED) is 0.569. The first-order valence-electron chi connectivity index (χ1n) is 11.7. The molecular weight excluding hydrogens is 435 g/mol. The number of anilines is 2. The van der Waals surface area contributed by atoms with Crippen LogP contribution >= 0.6 is 0 Å². The van der Waals surface area contributed by atoms with Crippen LogP contribution in [0, 0.1) is 11.7 Å². The number of halogens is 1. The Kier molecular flexibility index (Phi) is 8.87. The number of nitrogens with zero attached hydrogens (tertiary/aromatic N) is 3. The minimum Gasteiger partial charge on any atom is -0.455 e. The normalized spacial score (nSPS) is 15.2.